The second kappa shape index (κ2) is 5.00. The summed E-state index contributed by atoms with van der Waals surface area (Å²) in [6.07, 6.45) is 5.81. The van der Waals surface area contributed by atoms with E-state index in [-0.39, 0.29) is 10.7 Å². The molecule has 0 saturated heterocycles. The predicted octanol–water partition coefficient (Wildman–Crippen LogP) is 2.28. The molecule has 0 radical (unpaired) electrons. The zero-order valence-corrected chi connectivity index (χ0v) is 10.8. The lowest BCUT2D eigenvalue weighted by atomic mass is 9.84. The minimum atomic E-state index is -0.00896. The van der Waals surface area contributed by atoms with Gasteiger partial charge in [0.25, 0.3) is 5.91 Å². The summed E-state index contributed by atoms with van der Waals surface area (Å²) in [7, 11) is 0. The Balaban J connectivity index is 1.91. The van der Waals surface area contributed by atoms with Gasteiger partial charge in [-0.2, -0.15) is 11.8 Å². The van der Waals surface area contributed by atoms with Gasteiger partial charge in [-0.25, -0.2) is 0 Å². The third-order valence-electron chi connectivity index (χ3n) is 3.44. The number of nitrogens with two attached hydrogens (primary N) is 1. The summed E-state index contributed by atoms with van der Waals surface area (Å²) in [5, 5.41) is 3.01. The SMILES string of the molecule is CSC1(CNC(=O)c2ccc(N)cc2)CCC1. The molecule has 1 fully saturated rings. The molecule has 1 saturated carbocycles. The van der Waals surface area contributed by atoms with E-state index in [1.807, 2.05) is 11.8 Å². The van der Waals surface area contributed by atoms with E-state index >= 15 is 0 Å². The minimum Gasteiger partial charge on any atom is -0.399 e. The molecule has 0 spiro atoms. The molecular weight excluding hydrogens is 232 g/mol. The summed E-state index contributed by atoms with van der Waals surface area (Å²) in [5.41, 5.74) is 6.94. The quantitative estimate of drug-likeness (QED) is 0.806. The summed E-state index contributed by atoms with van der Waals surface area (Å²) in [4.78, 5) is 11.9. The number of amides is 1. The molecule has 2 rings (SSSR count). The summed E-state index contributed by atoms with van der Waals surface area (Å²) in [6.45, 7) is 0.761. The molecule has 1 aliphatic carbocycles. The lowest BCUT2D eigenvalue weighted by Crippen LogP contribution is -2.45. The zero-order valence-electron chi connectivity index (χ0n) is 10.0. The molecule has 0 aliphatic heterocycles. The Morgan fingerprint density at radius 2 is 2.06 bits per heavy atom. The number of nitrogens with one attached hydrogen (secondary N) is 1. The maximum absolute atomic E-state index is 11.9. The van der Waals surface area contributed by atoms with Crippen LogP contribution in [0.4, 0.5) is 5.69 Å². The number of hydrogen-bond acceptors (Lipinski definition) is 3. The summed E-state index contributed by atoms with van der Waals surface area (Å²) < 4.78 is 0.281. The molecule has 17 heavy (non-hydrogen) atoms. The van der Waals surface area contributed by atoms with Gasteiger partial charge in [0.2, 0.25) is 0 Å². The third kappa shape index (κ3) is 2.75. The maximum Gasteiger partial charge on any atom is 0.251 e. The van der Waals surface area contributed by atoms with Crippen LogP contribution < -0.4 is 11.1 Å². The number of carbonyl (C=O) groups is 1. The number of hydrogen-bond donors (Lipinski definition) is 2. The lowest BCUT2D eigenvalue weighted by Gasteiger charge is -2.40. The lowest BCUT2D eigenvalue weighted by molar-refractivity contribution is 0.0944. The van der Waals surface area contributed by atoms with Gasteiger partial charge in [-0.1, -0.05) is 6.42 Å². The Labute approximate surface area is 106 Å². The highest BCUT2D eigenvalue weighted by molar-refractivity contribution is 8.00. The number of nitrogen functional groups attached to an aromatic ring is 1. The number of anilines is 1. The Morgan fingerprint density at radius 3 is 2.53 bits per heavy atom. The molecule has 0 heterocycles. The normalized spacial score (nSPS) is 17.2. The van der Waals surface area contributed by atoms with E-state index in [1.165, 1.54) is 19.3 Å². The van der Waals surface area contributed by atoms with E-state index in [2.05, 4.69) is 11.6 Å². The van der Waals surface area contributed by atoms with Gasteiger partial charge in [-0.3, -0.25) is 4.79 Å². The first-order valence-electron chi connectivity index (χ1n) is 5.84. The van der Waals surface area contributed by atoms with Gasteiger partial charge in [-0.15, -0.1) is 0 Å². The van der Waals surface area contributed by atoms with Crippen molar-refractivity contribution in [3.05, 3.63) is 29.8 Å². The highest BCUT2D eigenvalue weighted by atomic mass is 32.2. The number of thioether (sulfide) groups is 1. The second-order valence-corrected chi connectivity index (χ2v) is 5.82. The first kappa shape index (κ1) is 12.3. The largest absolute Gasteiger partial charge is 0.399 e. The van der Waals surface area contributed by atoms with Gasteiger partial charge < -0.3 is 11.1 Å². The Kier molecular flexibility index (Phi) is 3.62. The Bertz CT molecular complexity index is 393. The molecule has 1 amide bonds. The van der Waals surface area contributed by atoms with Crippen LogP contribution in [0, 0.1) is 0 Å². The average Bonchev–Trinajstić information content (AvgIpc) is 2.29. The van der Waals surface area contributed by atoms with Crippen LogP contribution in [0.2, 0.25) is 0 Å². The highest BCUT2D eigenvalue weighted by Gasteiger charge is 2.36. The highest BCUT2D eigenvalue weighted by Crippen LogP contribution is 2.42. The van der Waals surface area contributed by atoms with Crippen molar-refractivity contribution in [3.8, 4) is 0 Å². The number of carbonyl (C=O) groups excluding carboxylic acids is 1. The third-order valence-corrected chi connectivity index (χ3v) is 4.86. The zero-order chi connectivity index (χ0) is 12.3. The molecule has 0 aromatic heterocycles. The van der Waals surface area contributed by atoms with Crippen LogP contribution in [0.15, 0.2) is 24.3 Å². The van der Waals surface area contributed by atoms with E-state index in [0.717, 1.165) is 6.54 Å². The molecule has 0 bridgehead atoms. The molecule has 3 nitrogen and oxygen atoms in total. The van der Waals surface area contributed by atoms with Crippen LogP contribution in [0.25, 0.3) is 0 Å². The van der Waals surface area contributed by atoms with E-state index in [9.17, 15) is 4.79 Å². The fourth-order valence-corrected chi connectivity index (χ4v) is 2.92. The minimum absolute atomic E-state index is 0.00896. The fraction of sp³-hybridized carbons (Fsp3) is 0.462. The van der Waals surface area contributed by atoms with Gasteiger partial charge in [0.05, 0.1) is 0 Å². The van der Waals surface area contributed by atoms with E-state index in [4.69, 9.17) is 5.73 Å². The first-order chi connectivity index (χ1) is 8.15. The summed E-state index contributed by atoms with van der Waals surface area (Å²) >= 11 is 1.86. The van der Waals surface area contributed by atoms with Crippen LogP contribution >= 0.6 is 11.8 Å². The number of benzene rings is 1. The topological polar surface area (TPSA) is 55.1 Å². The van der Waals surface area contributed by atoms with Crippen LogP contribution in [-0.4, -0.2) is 23.5 Å². The maximum atomic E-state index is 11.9. The molecule has 92 valence electrons. The van der Waals surface area contributed by atoms with Gasteiger partial charge in [0.15, 0.2) is 0 Å². The Hall–Kier alpha value is -1.16. The number of rotatable bonds is 4. The molecule has 1 aromatic rings. The van der Waals surface area contributed by atoms with Crippen LogP contribution in [0.5, 0.6) is 0 Å². The summed E-state index contributed by atoms with van der Waals surface area (Å²) in [5.74, 6) is -0.00896. The monoisotopic (exact) mass is 250 g/mol. The van der Waals surface area contributed by atoms with Gasteiger partial charge >= 0.3 is 0 Å². The predicted molar refractivity (Wildman–Crippen MR) is 73.3 cm³/mol. The molecule has 3 N–H and O–H groups in total. The van der Waals surface area contributed by atoms with Crippen molar-refractivity contribution in [3.63, 3.8) is 0 Å². The van der Waals surface area contributed by atoms with E-state index < -0.39 is 0 Å². The van der Waals surface area contributed by atoms with Crippen molar-refractivity contribution in [1.29, 1.82) is 0 Å². The second-order valence-electron chi connectivity index (χ2n) is 4.55. The van der Waals surface area contributed by atoms with Crippen molar-refractivity contribution in [2.75, 3.05) is 18.5 Å². The van der Waals surface area contributed by atoms with Gasteiger partial charge in [0.1, 0.15) is 0 Å². The fourth-order valence-electron chi connectivity index (χ4n) is 2.00. The van der Waals surface area contributed by atoms with Crippen LogP contribution in [0.3, 0.4) is 0 Å². The van der Waals surface area contributed by atoms with Crippen LogP contribution in [-0.2, 0) is 0 Å². The van der Waals surface area contributed by atoms with Crippen molar-refractivity contribution >= 4 is 23.4 Å². The van der Waals surface area contributed by atoms with Crippen molar-refractivity contribution in [2.45, 2.75) is 24.0 Å². The molecule has 1 aromatic carbocycles. The van der Waals surface area contributed by atoms with Crippen molar-refractivity contribution < 1.29 is 4.79 Å². The Morgan fingerprint density at radius 1 is 1.41 bits per heavy atom. The standard InChI is InChI=1S/C13H18N2OS/c1-17-13(7-2-8-13)9-15-12(16)10-3-5-11(14)6-4-10/h3-6H,2,7-9,14H2,1H3,(H,15,16). The van der Waals surface area contributed by atoms with Gasteiger partial charge in [-0.05, 0) is 43.4 Å². The van der Waals surface area contributed by atoms with E-state index in [1.54, 1.807) is 24.3 Å². The van der Waals surface area contributed by atoms with Gasteiger partial charge in [0, 0.05) is 22.5 Å². The molecule has 4 heteroatoms. The van der Waals surface area contributed by atoms with E-state index in [0.29, 0.717) is 11.3 Å². The summed E-state index contributed by atoms with van der Waals surface area (Å²) in [6, 6.07) is 7.03. The molecule has 1 aliphatic rings. The smallest absolute Gasteiger partial charge is 0.251 e. The molecular formula is C13H18N2OS. The van der Waals surface area contributed by atoms with Crippen molar-refractivity contribution in [1.82, 2.24) is 5.32 Å². The van der Waals surface area contributed by atoms with Crippen LogP contribution in [0.1, 0.15) is 29.6 Å². The molecule has 0 unspecified atom stereocenters. The average molecular weight is 250 g/mol. The first-order valence-corrected chi connectivity index (χ1v) is 7.07. The molecule has 0 atom stereocenters. The van der Waals surface area contributed by atoms with Crippen molar-refractivity contribution in [2.24, 2.45) is 0 Å².